The fraction of sp³-hybridized carbons (Fsp3) is 0.826. The van der Waals surface area contributed by atoms with Crippen LogP contribution in [0.1, 0.15) is 62.8 Å². The van der Waals surface area contributed by atoms with Gasteiger partial charge in [-0.3, -0.25) is 9.59 Å². The zero-order valence-electron chi connectivity index (χ0n) is 19.9. The Morgan fingerprint density at radius 3 is 2.79 bits per heavy atom. The van der Waals surface area contributed by atoms with Crippen molar-refractivity contribution in [3.05, 3.63) is 11.6 Å². The predicted octanol–water partition coefficient (Wildman–Crippen LogP) is 3.14. The molecule has 4 aliphatic carbocycles. The average molecular weight is 407 g/mol. The lowest BCUT2D eigenvalue weighted by atomic mass is 9.46. The first kappa shape index (κ1) is 15.7. The van der Waals surface area contributed by atoms with Gasteiger partial charge in [-0.2, -0.15) is 0 Å². The van der Waals surface area contributed by atoms with E-state index < -0.39 is 47.3 Å². The highest BCUT2D eigenvalue weighted by molar-refractivity contribution is 5.93. The molecule has 6 heteroatoms. The van der Waals surface area contributed by atoms with Crippen molar-refractivity contribution in [1.29, 1.82) is 0 Å². The number of ketones is 2. The van der Waals surface area contributed by atoms with Gasteiger partial charge in [-0.25, -0.2) is 0 Å². The summed E-state index contributed by atoms with van der Waals surface area (Å²) in [5.74, 6) is -2.20. The van der Waals surface area contributed by atoms with Crippen LogP contribution in [0, 0.1) is 28.6 Å². The molecule has 10 atom stereocenters. The minimum atomic E-state index is -1.06. The number of ether oxygens (including phenoxy) is 4. The molecule has 0 radical (unpaired) electrons. The summed E-state index contributed by atoms with van der Waals surface area (Å²) in [7, 11) is 0. The first-order valence-electron chi connectivity index (χ1n) is 12.4. The van der Waals surface area contributed by atoms with Crippen LogP contribution in [0.4, 0.5) is 0 Å². The van der Waals surface area contributed by atoms with Crippen LogP contribution in [0.15, 0.2) is 11.6 Å². The Labute approximate surface area is 175 Å². The van der Waals surface area contributed by atoms with Crippen LogP contribution < -0.4 is 0 Å². The second-order valence-electron chi connectivity index (χ2n) is 9.97. The molecule has 0 aromatic heterocycles. The van der Waals surface area contributed by atoms with Crippen molar-refractivity contribution in [2.75, 3.05) is 20.2 Å². The maximum absolute atomic E-state index is 14.0. The molecule has 158 valence electrons. The SMILES string of the molecule is [2H]C1C2=[13CH][13C](=O)C[C@H]([2H])[C@]2(C)[C@H]2C(=O)C[C@@]3(C)[C@@H](CC[C@@]34OCO[C@]43COCO3)[C@@H]2C1[2H]. The molecular weight excluding hydrogens is 374 g/mol. The van der Waals surface area contributed by atoms with Crippen LogP contribution in [-0.4, -0.2) is 43.1 Å². The van der Waals surface area contributed by atoms with Gasteiger partial charge in [-0.1, -0.05) is 19.4 Å². The van der Waals surface area contributed by atoms with Crippen molar-refractivity contribution >= 4 is 11.6 Å². The monoisotopic (exact) mass is 407 g/mol. The number of rotatable bonds is 0. The standard InChI is InChI=1S/C23H30O6/c1-20-7-5-15(24)9-14(20)3-4-16-17-6-8-22(21(17,2)10-18(25)19(16)20)23(29-13-27-22)11-26-12-28-23/h9,16-17,19H,3-8,10-13H2,1-2H3/t16-,17-,19+,20-,21-,22+,23+/m0/s1/i3D,4D,7D,9+1,15+1/t3?,4?,7-,16-,17-,19+,20-,21-,22+,23+. The molecule has 6 rings (SSSR count). The van der Waals surface area contributed by atoms with E-state index in [9.17, 15) is 9.59 Å². The quantitative estimate of drug-likeness (QED) is 0.575. The van der Waals surface area contributed by atoms with Crippen LogP contribution in [0.5, 0.6) is 0 Å². The summed E-state index contributed by atoms with van der Waals surface area (Å²) < 4.78 is 50.5. The zero-order valence-corrected chi connectivity index (χ0v) is 16.9. The summed E-state index contributed by atoms with van der Waals surface area (Å²) in [6.07, 6.45) is 0.574. The average Bonchev–Trinajstić information content (AvgIpc) is 3.43. The third-order valence-electron chi connectivity index (χ3n) is 8.98. The Morgan fingerprint density at radius 2 is 2.00 bits per heavy atom. The molecule has 2 spiro atoms. The number of carbonyl (C=O) groups excluding carboxylic acids is 2. The third-order valence-corrected chi connectivity index (χ3v) is 8.98. The Kier molecular flexibility index (Phi) is 3.13. The minimum absolute atomic E-state index is 0.00346. The Balaban J connectivity index is 1.48. The summed E-state index contributed by atoms with van der Waals surface area (Å²) in [5.41, 5.74) is -1.87. The van der Waals surface area contributed by atoms with E-state index in [1.54, 1.807) is 0 Å². The highest BCUT2D eigenvalue weighted by Gasteiger charge is 2.76. The van der Waals surface area contributed by atoms with Gasteiger partial charge < -0.3 is 18.9 Å². The van der Waals surface area contributed by atoms with E-state index >= 15 is 0 Å². The summed E-state index contributed by atoms with van der Waals surface area (Å²) >= 11 is 0. The first-order chi connectivity index (χ1) is 15.1. The van der Waals surface area contributed by atoms with Gasteiger partial charge in [0.2, 0.25) is 5.79 Å². The lowest BCUT2D eigenvalue weighted by molar-refractivity contribution is -0.246. The number of allylic oxidation sites excluding steroid dienone is 1. The fourth-order valence-electron chi connectivity index (χ4n) is 7.60. The number of hydrogen-bond donors (Lipinski definition) is 0. The van der Waals surface area contributed by atoms with Crippen LogP contribution in [0.25, 0.3) is 0 Å². The van der Waals surface area contributed by atoms with E-state index in [1.165, 1.54) is 6.08 Å². The van der Waals surface area contributed by atoms with E-state index in [-0.39, 0.29) is 56.4 Å². The van der Waals surface area contributed by atoms with Crippen molar-refractivity contribution in [2.45, 2.75) is 70.1 Å². The van der Waals surface area contributed by atoms with Crippen molar-refractivity contribution in [1.82, 2.24) is 0 Å². The van der Waals surface area contributed by atoms with Crippen LogP contribution in [0.3, 0.4) is 0 Å². The first-order valence-corrected chi connectivity index (χ1v) is 10.7. The molecule has 0 aromatic carbocycles. The largest absolute Gasteiger partial charge is 0.350 e. The van der Waals surface area contributed by atoms with E-state index in [2.05, 4.69) is 6.92 Å². The van der Waals surface area contributed by atoms with Crippen molar-refractivity contribution in [3.8, 4) is 0 Å². The predicted molar refractivity (Wildman–Crippen MR) is 102 cm³/mol. The zero-order chi connectivity index (χ0) is 22.7. The molecule has 29 heavy (non-hydrogen) atoms. The highest BCUT2D eigenvalue weighted by Crippen LogP contribution is 2.70. The maximum Gasteiger partial charge on any atom is 0.226 e. The number of hydrogen-bond acceptors (Lipinski definition) is 6. The lowest BCUT2D eigenvalue weighted by Gasteiger charge is -2.59. The third kappa shape index (κ3) is 2.07. The van der Waals surface area contributed by atoms with Gasteiger partial charge >= 0.3 is 0 Å². The summed E-state index contributed by atoms with van der Waals surface area (Å²) in [5, 5.41) is 0. The number of carbonyl (C=O) groups is 2. The minimum Gasteiger partial charge on any atom is -0.350 e. The summed E-state index contributed by atoms with van der Waals surface area (Å²) in [6, 6.07) is 0. The van der Waals surface area contributed by atoms with Gasteiger partial charge in [0.1, 0.15) is 18.0 Å². The van der Waals surface area contributed by atoms with Gasteiger partial charge in [0.05, 0.1) is 0 Å². The highest BCUT2D eigenvalue weighted by atomic mass is 16.9. The second-order valence-corrected chi connectivity index (χ2v) is 9.97. The van der Waals surface area contributed by atoms with E-state index in [0.717, 1.165) is 6.42 Å². The number of Topliss-reactive ketones (excluding diaryl/α,β-unsaturated/α-hetero) is 1. The molecule has 0 aromatic rings. The molecule has 6 aliphatic rings. The molecule has 3 saturated carbocycles. The Morgan fingerprint density at radius 1 is 1.17 bits per heavy atom. The van der Waals surface area contributed by atoms with Crippen molar-refractivity contribution in [3.63, 3.8) is 0 Å². The van der Waals surface area contributed by atoms with Gasteiger partial charge in [-0.05, 0) is 55.4 Å². The molecule has 0 N–H and O–H groups in total. The van der Waals surface area contributed by atoms with Gasteiger partial charge in [0.15, 0.2) is 19.4 Å². The van der Waals surface area contributed by atoms with Gasteiger partial charge in [0, 0.05) is 28.3 Å². The van der Waals surface area contributed by atoms with Crippen LogP contribution >= 0.6 is 0 Å². The molecule has 2 heterocycles. The van der Waals surface area contributed by atoms with Crippen molar-refractivity contribution in [2.24, 2.45) is 28.6 Å². The topological polar surface area (TPSA) is 71.1 Å². The Hall–Kier alpha value is -1.08. The molecule has 0 bridgehead atoms. The van der Waals surface area contributed by atoms with E-state index in [4.69, 9.17) is 23.1 Å². The second kappa shape index (κ2) is 5.78. The Bertz CT molecular complexity index is 912. The van der Waals surface area contributed by atoms with Gasteiger partial charge in [-0.15, -0.1) is 0 Å². The van der Waals surface area contributed by atoms with E-state index in [0.29, 0.717) is 12.0 Å². The fourth-order valence-corrected chi connectivity index (χ4v) is 7.60. The molecular formula is C23H30O6. The molecule has 0 amide bonds. The number of fused-ring (bicyclic) bond motifs is 7. The molecule has 2 saturated heterocycles. The molecule has 6 nitrogen and oxygen atoms in total. The maximum atomic E-state index is 14.0. The molecule has 5 fully saturated rings. The van der Waals surface area contributed by atoms with Crippen LogP contribution in [0.2, 0.25) is 0 Å². The molecule has 2 unspecified atom stereocenters. The van der Waals surface area contributed by atoms with Gasteiger partial charge in [0.25, 0.3) is 0 Å². The van der Waals surface area contributed by atoms with Crippen molar-refractivity contribution < 1.29 is 32.6 Å². The lowest BCUT2D eigenvalue weighted by Crippen LogP contribution is -2.65. The van der Waals surface area contributed by atoms with E-state index in [1.807, 2.05) is 6.92 Å². The normalized spacial score (nSPS) is 63.0. The smallest absolute Gasteiger partial charge is 0.226 e. The molecule has 2 aliphatic heterocycles. The van der Waals surface area contributed by atoms with Crippen LogP contribution in [-0.2, 0) is 28.5 Å². The summed E-state index contributed by atoms with van der Waals surface area (Å²) in [4.78, 5) is 26.2. The summed E-state index contributed by atoms with van der Waals surface area (Å²) in [6.45, 7) is 4.36.